The van der Waals surface area contributed by atoms with E-state index in [2.05, 4.69) is 13.8 Å². The summed E-state index contributed by atoms with van der Waals surface area (Å²) in [7, 11) is 0. The Morgan fingerprint density at radius 3 is 2.57 bits per heavy atom. The number of hydrogen-bond acceptors (Lipinski definition) is 1. The van der Waals surface area contributed by atoms with Crippen molar-refractivity contribution in [3.63, 3.8) is 0 Å². The molecule has 1 rings (SSSR count). The molecule has 0 aliphatic heterocycles. The van der Waals surface area contributed by atoms with Crippen LogP contribution < -0.4 is 5.73 Å². The van der Waals surface area contributed by atoms with Crippen molar-refractivity contribution in [3.8, 4) is 0 Å². The molecule has 0 fully saturated rings. The van der Waals surface area contributed by atoms with Gasteiger partial charge in [0.25, 0.3) is 0 Å². The molecule has 1 atom stereocenters. The largest absolute Gasteiger partial charge is 0.330 e. The molecule has 1 unspecified atom stereocenters. The van der Waals surface area contributed by atoms with Crippen LogP contribution in [0.1, 0.15) is 25.8 Å². The third-order valence-electron chi connectivity index (χ3n) is 2.85. The molecule has 0 aliphatic rings. The highest BCUT2D eigenvalue weighted by Gasteiger charge is 2.23. The third kappa shape index (κ3) is 2.25. The van der Waals surface area contributed by atoms with Crippen molar-refractivity contribution in [2.75, 3.05) is 6.54 Å². The van der Waals surface area contributed by atoms with Crippen molar-refractivity contribution in [3.05, 3.63) is 33.1 Å². The maximum Gasteiger partial charge on any atom is 0.136 e. The zero-order valence-electron chi connectivity index (χ0n) is 8.48. The molecule has 0 heterocycles. The maximum atomic E-state index is 13.3. The van der Waals surface area contributed by atoms with Crippen molar-refractivity contribution in [2.45, 2.75) is 25.7 Å². The minimum absolute atomic E-state index is 0.106. The van der Waals surface area contributed by atoms with Gasteiger partial charge in [0, 0.05) is 15.5 Å². The molecule has 0 radical (unpaired) electrons. The first kappa shape index (κ1) is 11.9. The van der Waals surface area contributed by atoms with E-state index in [-0.39, 0.29) is 11.2 Å². The number of rotatable bonds is 3. The predicted molar refractivity (Wildman–Crippen MR) is 65.8 cm³/mol. The SMILES string of the molecule is CCC(C)(CN)c1ccc(I)c(F)c1. The summed E-state index contributed by atoms with van der Waals surface area (Å²) in [6.07, 6.45) is 0.920. The quantitative estimate of drug-likeness (QED) is 0.854. The van der Waals surface area contributed by atoms with E-state index >= 15 is 0 Å². The van der Waals surface area contributed by atoms with E-state index in [0.29, 0.717) is 10.1 Å². The van der Waals surface area contributed by atoms with Crippen LogP contribution in [0.5, 0.6) is 0 Å². The van der Waals surface area contributed by atoms with E-state index in [1.807, 2.05) is 28.7 Å². The first-order chi connectivity index (χ1) is 6.53. The van der Waals surface area contributed by atoms with Gasteiger partial charge in [-0.25, -0.2) is 4.39 Å². The minimum atomic E-state index is -0.156. The van der Waals surface area contributed by atoms with Crippen LogP contribution in [0.3, 0.4) is 0 Å². The average Bonchev–Trinajstić information content (AvgIpc) is 2.21. The maximum absolute atomic E-state index is 13.3. The van der Waals surface area contributed by atoms with Gasteiger partial charge >= 0.3 is 0 Å². The number of nitrogens with two attached hydrogens (primary N) is 1. The molecular weight excluding hydrogens is 292 g/mol. The molecule has 1 aromatic rings. The summed E-state index contributed by atoms with van der Waals surface area (Å²) in [6, 6.07) is 5.36. The molecule has 0 spiro atoms. The van der Waals surface area contributed by atoms with Crippen LogP contribution in [0.25, 0.3) is 0 Å². The second kappa shape index (κ2) is 4.57. The molecule has 0 amide bonds. The molecule has 0 bridgehead atoms. The second-order valence-electron chi connectivity index (χ2n) is 3.75. The van der Waals surface area contributed by atoms with E-state index in [0.717, 1.165) is 12.0 Å². The Hall–Kier alpha value is -0.160. The molecule has 0 aromatic heterocycles. The van der Waals surface area contributed by atoms with Gasteiger partial charge in [-0.3, -0.25) is 0 Å². The first-order valence-electron chi connectivity index (χ1n) is 4.69. The van der Waals surface area contributed by atoms with Crippen molar-refractivity contribution in [1.29, 1.82) is 0 Å². The van der Waals surface area contributed by atoms with Gasteiger partial charge in [0.15, 0.2) is 0 Å². The molecular formula is C11H15FIN. The Morgan fingerprint density at radius 2 is 2.14 bits per heavy atom. The molecule has 0 aliphatic carbocycles. The van der Waals surface area contributed by atoms with Crippen molar-refractivity contribution >= 4 is 22.6 Å². The Morgan fingerprint density at radius 1 is 1.50 bits per heavy atom. The Balaban J connectivity index is 3.12. The summed E-state index contributed by atoms with van der Waals surface area (Å²) < 4.78 is 14.0. The highest BCUT2D eigenvalue weighted by molar-refractivity contribution is 14.1. The molecule has 0 saturated heterocycles. The summed E-state index contributed by atoms with van der Waals surface area (Å²) >= 11 is 1.99. The lowest BCUT2D eigenvalue weighted by Crippen LogP contribution is -2.31. The van der Waals surface area contributed by atoms with Crippen LogP contribution >= 0.6 is 22.6 Å². The Labute approximate surface area is 98.0 Å². The smallest absolute Gasteiger partial charge is 0.136 e. The van der Waals surface area contributed by atoms with Crippen LogP contribution in [0.2, 0.25) is 0 Å². The van der Waals surface area contributed by atoms with Crippen molar-refractivity contribution in [1.82, 2.24) is 0 Å². The van der Waals surface area contributed by atoms with Gasteiger partial charge in [-0.2, -0.15) is 0 Å². The summed E-state index contributed by atoms with van der Waals surface area (Å²) in [4.78, 5) is 0. The second-order valence-corrected chi connectivity index (χ2v) is 4.91. The van der Waals surface area contributed by atoms with Gasteiger partial charge in [-0.05, 0) is 46.7 Å². The van der Waals surface area contributed by atoms with Gasteiger partial charge in [0.1, 0.15) is 5.82 Å². The third-order valence-corrected chi connectivity index (χ3v) is 3.72. The van der Waals surface area contributed by atoms with Crippen LogP contribution in [-0.2, 0) is 5.41 Å². The summed E-state index contributed by atoms with van der Waals surface area (Å²) in [5.74, 6) is -0.156. The number of benzene rings is 1. The zero-order valence-corrected chi connectivity index (χ0v) is 10.6. The lowest BCUT2D eigenvalue weighted by molar-refractivity contribution is 0.463. The normalized spacial score (nSPS) is 15.2. The van der Waals surface area contributed by atoms with E-state index in [9.17, 15) is 4.39 Å². The molecule has 2 N–H and O–H groups in total. The van der Waals surface area contributed by atoms with Crippen LogP contribution in [0.4, 0.5) is 4.39 Å². The minimum Gasteiger partial charge on any atom is -0.330 e. The first-order valence-corrected chi connectivity index (χ1v) is 5.77. The van der Waals surface area contributed by atoms with E-state index in [1.54, 1.807) is 12.1 Å². The molecule has 3 heteroatoms. The van der Waals surface area contributed by atoms with Gasteiger partial charge in [0.2, 0.25) is 0 Å². The monoisotopic (exact) mass is 307 g/mol. The van der Waals surface area contributed by atoms with Crippen LogP contribution in [0, 0.1) is 9.39 Å². The van der Waals surface area contributed by atoms with E-state index in [4.69, 9.17) is 5.73 Å². The lowest BCUT2D eigenvalue weighted by Gasteiger charge is -2.27. The number of hydrogen-bond donors (Lipinski definition) is 1. The van der Waals surface area contributed by atoms with Crippen molar-refractivity contribution in [2.24, 2.45) is 5.73 Å². The topological polar surface area (TPSA) is 26.0 Å². The fourth-order valence-corrected chi connectivity index (χ4v) is 1.67. The van der Waals surface area contributed by atoms with Gasteiger partial charge in [-0.1, -0.05) is 19.9 Å². The lowest BCUT2D eigenvalue weighted by atomic mass is 9.80. The van der Waals surface area contributed by atoms with Gasteiger partial charge in [0.05, 0.1) is 0 Å². The highest BCUT2D eigenvalue weighted by atomic mass is 127. The summed E-state index contributed by atoms with van der Waals surface area (Å²) in [5, 5.41) is 0. The van der Waals surface area contributed by atoms with Gasteiger partial charge in [-0.15, -0.1) is 0 Å². The average molecular weight is 307 g/mol. The highest BCUT2D eigenvalue weighted by Crippen LogP contribution is 2.27. The zero-order chi connectivity index (χ0) is 10.8. The van der Waals surface area contributed by atoms with Crippen LogP contribution in [-0.4, -0.2) is 6.54 Å². The molecule has 78 valence electrons. The molecule has 0 saturated carbocycles. The van der Waals surface area contributed by atoms with Gasteiger partial charge < -0.3 is 5.73 Å². The standard InChI is InChI=1S/C11H15FIN/c1-3-11(2,7-14)8-4-5-10(13)9(12)6-8/h4-6H,3,7,14H2,1-2H3. The molecule has 1 aromatic carbocycles. The fraction of sp³-hybridized carbons (Fsp3) is 0.455. The Bertz CT molecular complexity index is 321. The molecule has 14 heavy (non-hydrogen) atoms. The summed E-state index contributed by atoms with van der Waals surface area (Å²) in [6.45, 7) is 4.68. The fourth-order valence-electron chi connectivity index (χ4n) is 1.34. The Kier molecular flexibility index (Phi) is 3.89. The van der Waals surface area contributed by atoms with Crippen LogP contribution in [0.15, 0.2) is 18.2 Å². The summed E-state index contributed by atoms with van der Waals surface area (Å²) in [5.41, 5.74) is 6.59. The van der Waals surface area contributed by atoms with E-state index < -0.39 is 0 Å². The van der Waals surface area contributed by atoms with Crippen molar-refractivity contribution < 1.29 is 4.39 Å². The predicted octanol–water partition coefficient (Wildman–Crippen LogP) is 3.06. The number of halogens is 2. The molecule has 1 nitrogen and oxygen atoms in total. The van der Waals surface area contributed by atoms with E-state index in [1.165, 1.54) is 0 Å².